The van der Waals surface area contributed by atoms with Crippen molar-refractivity contribution in [3.63, 3.8) is 0 Å². The lowest BCUT2D eigenvalue weighted by molar-refractivity contribution is 0.179. The Balaban J connectivity index is 2.08. The fraction of sp³-hybridized carbons (Fsp3) is 0.500. The molecule has 0 spiro atoms. The highest BCUT2D eigenvalue weighted by molar-refractivity contribution is 5.84. The number of aliphatic imine (C=N–C) groups is 2. The molecular weight excluding hydrogens is 316 g/mol. The van der Waals surface area contributed by atoms with Gasteiger partial charge in [-0.1, -0.05) is 6.42 Å². The van der Waals surface area contributed by atoms with Gasteiger partial charge in [0.1, 0.15) is 5.75 Å². The molecule has 25 heavy (non-hydrogen) atoms. The Hall–Kier alpha value is -2.57. The molecule has 1 aliphatic carbocycles. The average Bonchev–Trinajstić information content (AvgIpc) is 2.58. The summed E-state index contributed by atoms with van der Waals surface area (Å²) in [4.78, 5) is 12.3. The molecule has 1 fully saturated rings. The number of aryl methyl sites for hydroxylation is 1. The lowest BCUT2D eigenvalue weighted by Crippen LogP contribution is -2.30. The van der Waals surface area contributed by atoms with Crippen LogP contribution in [0.2, 0.25) is 0 Å². The van der Waals surface area contributed by atoms with Gasteiger partial charge in [0.25, 0.3) is 0 Å². The number of hydrogen-bond donors (Lipinski definition) is 3. The highest BCUT2D eigenvalue weighted by Crippen LogP contribution is 2.28. The maximum atomic E-state index is 6.28. The second-order valence-electron chi connectivity index (χ2n) is 6.09. The second kappa shape index (κ2) is 9.05. The molecule has 7 heteroatoms. The van der Waals surface area contributed by atoms with E-state index in [4.69, 9.17) is 10.5 Å². The summed E-state index contributed by atoms with van der Waals surface area (Å²) >= 11 is 0. The molecule has 136 valence electrons. The highest BCUT2D eigenvalue weighted by Gasteiger charge is 2.18. The Morgan fingerprint density at radius 1 is 1.44 bits per heavy atom. The van der Waals surface area contributed by atoms with Crippen LogP contribution in [0, 0.1) is 12.8 Å². The van der Waals surface area contributed by atoms with Gasteiger partial charge in [-0.15, -0.1) is 0 Å². The summed E-state index contributed by atoms with van der Waals surface area (Å²) in [6.45, 7) is 6.62. The molecule has 0 amide bonds. The molecule has 4 N–H and O–H groups in total. The quantitative estimate of drug-likeness (QED) is 0.517. The molecule has 0 radical (unpaired) electrons. The van der Waals surface area contributed by atoms with E-state index in [0.717, 1.165) is 23.7 Å². The monoisotopic (exact) mass is 344 g/mol. The minimum Gasteiger partial charge on any atom is -0.491 e. The van der Waals surface area contributed by atoms with Crippen LogP contribution in [0.3, 0.4) is 0 Å². The number of likely N-dealkylation sites (N-methyl/N-ethyl adjacent to an activating group) is 1. The fourth-order valence-corrected chi connectivity index (χ4v) is 2.56. The normalized spacial score (nSPS) is 15.9. The van der Waals surface area contributed by atoms with Crippen molar-refractivity contribution in [3.05, 3.63) is 29.2 Å². The van der Waals surface area contributed by atoms with Crippen molar-refractivity contribution in [1.82, 2.24) is 15.6 Å². The summed E-state index contributed by atoms with van der Waals surface area (Å²) in [5, 5.41) is 6.16. The summed E-state index contributed by atoms with van der Waals surface area (Å²) in [7, 11) is 3.47. The molecule has 7 nitrogen and oxygen atoms in total. The molecule has 1 aromatic rings. The van der Waals surface area contributed by atoms with Gasteiger partial charge in [0.15, 0.2) is 0 Å². The van der Waals surface area contributed by atoms with Crippen molar-refractivity contribution in [2.75, 3.05) is 27.2 Å². The van der Waals surface area contributed by atoms with E-state index in [9.17, 15) is 0 Å². The van der Waals surface area contributed by atoms with Gasteiger partial charge in [-0.05, 0) is 44.5 Å². The molecule has 0 aliphatic heterocycles. The van der Waals surface area contributed by atoms with E-state index in [1.165, 1.54) is 19.3 Å². The first kappa shape index (κ1) is 18.8. The van der Waals surface area contributed by atoms with Gasteiger partial charge in [0.2, 0.25) is 5.96 Å². The standard InChI is InChI=1S/C18H28N6O/c1-12-16(25-11-13-6-5-7-13)9-8-14(24-12)17(19)15(20-2)10-23-18(21-3)22-4/h8-9,13,20H,3,5-7,10-11,19H2,1-2,4H3,(H,22,23)/b17-15-. The smallest absolute Gasteiger partial charge is 0.217 e. The molecule has 1 heterocycles. The van der Waals surface area contributed by atoms with Crippen LogP contribution < -0.4 is 21.1 Å². The van der Waals surface area contributed by atoms with Crippen LogP contribution in [0.25, 0.3) is 5.70 Å². The molecule has 1 saturated carbocycles. The van der Waals surface area contributed by atoms with Crippen LogP contribution in [-0.2, 0) is 0 Å². The Morgan fingerprint density at radius 3 is 2.72 bits per heavy atom. The van der Waals surface area contributed by atoms with Gasteiger partial charge in [-0.2, -0.15) is 0 Å². The third kappa shape index (κ3) is 4.95. The molecule has 2 rings (SSSR count). The SMILES string of the molecule is C=NC(=NC)NC/C(NC)=C(/N)c1ccc(OCC2CCC2)c(C)n1. The third-order valence-corrected chi connectivity index (χ3v) is 4.42. The van der Waals surface area contributed by atoms with E-state index in [1.54, 1.807) is 7.05 Å². The molecule has 0 atom stereocenters. The van der Waals surface area contributed by atoms with Gasteiger partial charge >= 0.3 is 0 Å². The van der Waals surface area contributed by atoms with Crippen molar-refractivity contribution >= 4 is 18.4 Å². The van der Waals surface area contributed by atoms with Gasteiger partial charge in [0, 0.05) is 14.1 Å². The van der Waals surface area contributed by atoms with Crippen molar-refractivity contribution < 1.29 is 4.74 Å². The van der Waals surface area contributed by atoms with Crippen LogP contribution in [0.4, 0.5) is 0 Å². The van der Waals surface area contributed by atoms with Crippen molar-refractivity contribution in [1.29, 1.82) is 0 Å². The minimum atomic E-state index is 0.453. The summed E-state index contributed by atoms with van der Waals surface area (Å²) < 4.78 is 5.89. The zero-order chi connectivity index (χ0) is 18.2. The molecule has 0 bridgehead atoms. The Labute approximate surface area is 149 Å². The molecular formula is C18H28N6O. The van der Waals surface area contributed by atoms with E-state index >= 15 is 0 Å². The van der Waals surface area contributed by atoms with E-state index in [-0.39, 0.29) is 0 Å². The van der Waals surface area contributed by atoms with Crippen molar-refractivity contribution in [2.24, 2.45) is 21.6 Å². The number of nitrogens with one attached hydrogen (secondary N) is 2. The second-order valence-corrected chi connectivity index (χ2v) is 6.09. The van der Waals surface area contributed by atoms with E-state index < -0.39 is 0 Å². The van der Waals surface area contributed by atoms with Gasteiger partial charge < -0.3 is 21.1 Å². The van der Waals surface area contributed by atoms with Crippen LogP contribution in [0.15, 0.2) is 27.8 Å². The van der Waals surface area contributed by atoms with Gasteiger partial charge in [-0.25, -0.2) is 9.98 Å². The maximum absolute atomic E-state index is 6.28. The Kier molecular flexibility index (Phi) is 6.80. The highest BCUT2D eigenvalue weighted by atomic mass is 16.5. The molecule has 0 saturated heterocycles. The first-order valence-electron chi connectivity index (χ1n) is 8.53. The van der Waals surface area contributed by atoms with Crippen LogP contribution >= 0.6 is 0 Å². The predicted octanol–water partition coefficient (Wildman–Crippen LogP) is 1.69. The molecule has 1 aliphatic rings. The number of aromatic nitrogens is 1. The van der Waals surface area contributed by atoms with E-state index in [1.807, 2.05) is 26.1 Å². The van der Waals surface area contributed by atoms with E-state index in [2.05, 4.69) is 32.3 Å². The minimum absolute atomic E-state index is 0.453. The zero-order valence-electron chi connectivity index (χ0n) is 15.3. The van der Waals surface area contributed by atoms with Crippen LogP contribution in [0.1, 0.15) is 30.7 Å². The Morgan fingerprint density at radius 2 is 2.20 bits per heavy atom. The number of rotatable bonds is 7. The topological polar surface area (TPSA) is 96.9 Å². The summed E-state index contributed by atoms with van der Waals surface area (Å²) in [6, 6.07) is 3.82. The summed E-state index contributed by atoms with van der Waals surface area (Å²) in [5.74, 6) is 1.98. The number of pyridine rings is 1. The average molecular weight is 344 g/mol. The third-order valence-electron chi connectivity index (χ3n) is 4.42. The van der Waals surface area contributed by atoms with Crippen LogP contribution in [-0.4, -0.2) is 44.9 Å². The maximum Gasteiger partial charge on any atom is 0.217 e. The van der Waals surface area contributed by atoms with Crippen molar-refractivity contribution in [2.45, 2.75) is 26.2 Å². The predicted molar refractivity (Wildman–Crippen MR) is 103 cm³/mol. The number of nitrogens with zero attached hydrogens (tertiary/aromatic N) is 3. The first-order valence-corrected chi connectivity index (χ1v) is 8.53. The number of ether oxygens (including phenoxy) is 1. The van der Waals surface area contributed by atoms with E-state index in [0.29, 0.717) is 29.8 Å². The first-order chi connectivity index (χ1) is 12.1. The molecule has 0 unspecified atom stereocenters. The lowest BCUT2D eigenvalue weighted by Gasteiger charge is -2.25. The van der Waals surface area contributed by atoms with Crippen LogP contribution in [0.5, 0.6) is 5.75 Å². The largest absolute Gasteiger partial charge is 0.491 e. The Bertz CT molecular complexity index is 664. The molecule has 1 aromatic heterocycles. The summed E-state index contributed by atoms with van der Waals surface area (Å²) in [5.41, 5.74) is 9.21. The van der Waals surface area contributed by atoms with Gasteiger partial charge in [-0.3, -0.25) is 4.99 Å². The number of nitrogens with two attached hydrogens (primary N) is 1. The zero-order valence-corrected chi connectivity index (χ0v) is 15.3. The fourth-order valence-electron chi connectivity index (χ4n) is 2.56. The van der Waals surface area contributed by atoms with Crippen molar-refractivity contribution in [3.8, 4) is 5.75 Å². The summed E-state index contributed by atoms with van der Waals surface area (Å²) in [6.07, 6.45) is 3.85. The molecule has 0 aromatic carbocycles. The van der Waals surface area contributed by atoms with Gasteiger partial charge in [0.05, 0.1) is 35.9 Å². The lowest BCUT2D eigenvalue weighted by atomic mass is 9.86. The number of hydrogen-bond acceptors (Lipinski definition) is 5. The number of guanidine groups is 1.